The summed E-state index contributed by atoms with van der Waals surface area (Å²) in [6.07, 6.45) is 1.03. The SMILES string of the molecule is CN[C@H]1CCN(C(=O)Nc2ccccc2)C1.Cl. The van der Waals surface area contributed by atoms with Crippen molar-refractivity contribution < 1.29 is 4.79 Å². The molecule has 1 atom stereocenters. The first-order chi connectivity index (χ1) is 7.79. The minimum absolute atomic E-state index is 0. The quantitative estimate of drug-likeness (QED) is 0.848. The van der Waals surface area contributed by atoms with E-state index in [9.17, 15) is 4.79 Å². The van der Waals surface area contributed by atoms with E-state index in [1.807, 2.05) is 42.3 Å². The van der Waals surface area contributed by atoms with Crippen LogP contribution in [0, 0.1) is 0 Å². The first kappa shape index (κ1) is 13.8. The summed E-state index contributed by atoms with van der Waals surface area (Å²) in [7, 11) is 1.93. The zero-order valence-electron chi connectivity index (χ0n) is 9.85. The van der Waals surface area contributed by atoms with E-state index < -0.39 is 0 Å². The van der Waals surface area contributed by atoms with Gasteiger partial charge < -0.3 is 15.5 Å². The highest BCUT2D eigenvalue weighted by atomic mass is 35.5. The van der Waals surface area contributed by atoms with Gasteiger partial charge in [-0.25, -0.2) is 4.79 Å². The standard InChI is InChI=1S/C12H17N3O.ClH/c1-13-11-7-8-15(9-11)12(16)14-10-5-3-2-4-6-10;/h2-6,11,13H,7-9H2,1H3,(H,14,16);1H/t11-;/m0./s1. The summed E-state index contributed by atoms with van der Waals surface area (Å²) in [5.74, 6) is 0. The second-order valence-corrected chi connectivity index (χ2v) is 4.02. The second-order valence-electron chi connectivity index (χ2n) is 4.02. The Labute approximate surface area is 108 Å². The predicted octanol–water partition coefficient (Wildman–Crippen LogP) is 1.93. The third-order valence-electron chi connectivity index (χ3n) is 2.91. The highest BCUT2D eigenvalue weighted by Gasteiger charge is 2.24. The largest absolute Gasteiger partial charge is 0.323 e. The number of likely N-dealkylation sites (N-methyl/N-ethyl adjacent to an activating group) is 1. The van der Waals surface area contributed by atoms with Crippen LogP contribution in [0.25, 0.3) is 0 Å². The monoisotopic (exact) mass is 255 g/mol. The number of urea groups is 1. The van der Waals surface area contributed by atoms with Crippen molar-refractivity contribution in [3.63, 3.8) is 0 Å². The molecular formula is C12H18ClN3O. The van der Waals surface area contributed by atoms with Crippen molar-refractivity contribution in [2.75, 3.05) is 25.5 Å². The van der Waals surface area contributed by atoms with Crippen molar-refractivity contribution in [1.29, 1.82) is 0 Å². The van der Waals surface area contributed by atoms with Crippen molar-refractivity contribution in [3.8, 4) is 0 Å². The third-order valence-corrected chi connectivity index (χ3v) is 2.91. The van der Waals surface area contributed by atoms with E-state index in [-0.39, 0.29) is 18.4 Å². The minimum Gasteiger partial charge on any atom is -0.323 e. The molecule has 0 unspecified atom stereocenters. The van der Waals surface area contributed by atoms with Crippen LogP contribution in [-0.2, 0) is 0 Å². The molecule has 1 aliphatic heterocycles. The number of carbonyl (C=O) groups is 1. The highest BCUT2D eigenvalue weighted by Crippen LogP contribution is 2.12. The summed E-state index contributed by atoms with van der Waals surface area (Å²) in [4.78, 5) is 13.7. The maximum atomic E-state index is 11.9. The summed E-state index contributed by atoms with van der Waals surface area (Å²) in [6.45, 7) is 1.61. The number of para-hydroxylation sites is 1. The summed E-state index contributed by atoms with van der Waals surface area (Å²) < 4.78 is 0. The molecular weight excluding hydrogens is 238 g/mol. The molecule has 1 aromatic rings. The summed E-state index contributed by atoms with van der Waals surface area (Å²) in [5.41, 5.74) is 0.848. The molecule has 1 saturated heterocycles. The molecule has 1 heterocycles. The predicted molar refractivity (Wildman–Crippen MR) is 71.7 cm³/mol. The highest BCUT2D eigenvalue weighted by molar-refractivity contribution is 5.89. The number of amides is 2. The van der Waals surface area contributed by atoms with Crippen LogP contribution in [0.4, 0.5) is 10.5 Å². The van der Waals surface area contributed by atoms with E-state index in [0.29, 0.717) is 6.04 Å². The van der Waals surface area contributed by atoms with Gasteiger partial charge in [0.25, 0.3) is 0 Å². The zero-order valence-corrected chi connectivity index (χ0v) is 10.7. The fourth-order valence-corrected chi connectivity index (χ4v) is 1.90. The fraction of sp³-hybridized carbons (Fsp3) is 0.417. The second kappa shape index (κ2) is 6.47. The molecule has 2 rings (SSSR count). The van der Waals surface area contributed by atoms with E-state index in [4.69, 9.17) is 0 Å². The molecule has 0 bridgehead atoms. The molecule has 0 spiro atoms. The van der Waals surface area contributed by atoms with E-state index in [0.717, 1.165) is 25.2 Å². The van der Waals surface area contributed by atoms with Crippen molar-refractivity contribution in [2.24, 2.45) is 0 Å². The van der Waals surface area contributed by atoms with Crippen LogP contribution in [0.2, 0.25) is 0 Å². The van der Waals surface area contributed by atoms with Crippen molar-refractivity contribution in [3.05, 3.63) is 30.3 Å². The molecule has 5 heteroatoms. The van der Waals surface area contributed by atoms with E-state index in [1.54, 1.807) is 0 Å². The number of nitrogens with zero attached hydrogens (tertiary/aromatic N) is 1. The van der Waals surface area contributed by atoms with E-state index >= 15 is 0 Å². The van der Waals surface area contributed by atoms with Crippen LogP contribution in [0.3, 0.4) is 0 Å². The molecule has 2 amide bonds. The Morgan fingerprint density at radius 2 is 2.06 bits per heavy atom. The van der Waals surface area contributed by atoms with Crippen molar-refractivity contribution in [1.82, 2.24) is 10.2 Å². The summed E-state index contributed by atoms with van der Waals surface area (Å²) >= 11 is 0. The molecule has 0 radical (unpaired) electrons. The average molecular weight is 256 g/mol. The first-order valence-electron chi connectivity index (χ1n) is 5.58. The van der Waals surface area contributed by atoms with Gasteiger partial charge in [-0.3, -0.25) is 0 Å². The normalized spacial score (nSPS) is 18.6. The minimum atomic E-state index is -0.0102. The van der Waals surface area contributed by atoms with Gasteiger partial charge in [0.1, 0.15) is 0 Å². The number of hydrogen-bond acceptors (Lipinski definition) is 2. The average Bonchev–Trinajstić information content (AvgIpc) is 2.79. The number of anilines is 1. The Morgan fingerprint density at radius 3 is 2.65 bits per heavy atom. The molecule has 94 valence electrons. The molecule has 17 heavy (non-hydrogen) atoms. The summed E-state index contributed by atoms with van der Waals surface area (Å²) in [5, 5.41) is 6.08. The lowest BCUT2D eigenvalue weighted by molar-refractivity contribution is 0.221. The van der Waals surface area contributed by atoms with E-state index in [1.165, 1.54) is 0 Å². The van der Waals surface area contributed by atoms with Gasteiger partial charge in [0.2, 0.25) is 0 Å². The van der Waals surface area contributed by atoms with Gasteiger partial charge >= 0.3 is 6.03 Å². The Kier molecular flexibility index (Phi) is 5.25. The van der Waals surface area contributed by atoms with Gasteiger partial charge in [0.05, 0.1) is 0 Å². The third kappa shape index (κ3) is 3.61. The molecule has 2 N–H and O–H groups in total. The Hall–Kier alpha value is -1.26. The fourth-order valence-electron chi connectivity index (χ4n) is 1.90. The molecule has 0 aliphatic carbocycles. The number of nitrogens with one attached hydrogen (secondary N) is 2. The maximum Gasteiger partial charge on any atom is 0.321 e. The van der Waals surface area contributed by atoms with Crippen LogP contribution >= 0.6 is 12.4 Å². The van der Waals surface area contributed by atoms with Crippen LogP contribution in [0.1, 0.15) is 6.42 Å². The number of hydrogen-bond donors (Lipinski definition) is 2. The lowest BCUT2D eigenvalue weighted by atomic mass is 10.3. The van der Waals surface area contributed by atoms with Crippen LogP contribution in [0.5, 0.6) is 0 Å². The topological polar surface area (TPSA) is 44.4 Å². The van der Waals surface area contributed by atoms with Gasteiger partial charge in [-0.2, -0.15) is 0 Å². The molecule has 0 saturated carbocycles. The van der Waals surface area contributed by atoms with Gasteiger partial charge in [0.15, 0.2) is 0 Å². The van der Waals surface area contributed by atoms with Gasteiger partial charge in [-0.1, -0.05) is 18.2 Å². The Bertz CT molecular complexity index is 358. The maximum absolute atomic E-state index is 11.9. The molecule has 0 aromatic heterocycles. The molecule has 1 fully saturated rings. The summed E-state index contributed by atoms with van der Waals surface area (Å²) in [6, 6.07) is 9.96. The van der Waals surface area contributed by atoms with Crippen LogP contribution < -0.4 is 10.6 Å². The number of likely N-dealkylation sites (tertiary alicyclic amines) is 1. The molecule has 4 nitrogen and oxygen atoms in total. The lowest BCUT2D eigenvalue weighted by Crippen LogP contribution is -2.36. The number of benzene rings is 1. The lowest BCUT2D eigenvalue weighted by Gasteiger charge is -2.17. The van der Waals surface area contributed by atoms with Gasteiger partial charge in [-0.15, -0.1) is 12.4 Å². The van der Waals surface area contributed by atoms with E-state index in [2.05, 4.69) is 10.6 Å². The number of rotatable bonds is 2. The smallest absolute Gasteiger partial charge is 0.321 e. The van der Waals surface area contributed by atoms with Gasteiger partial charge in [0, 0.05) is 24.8 Å². The van der Waals surface area contributed by atoms with Crippen LogP contribution in [0.15, 0.2) is 30.3 Å². The Balaban J connectivity index is 0.00000144. The number of carbonyl (C=O) groups excluding carboxylic acids is 1. The Morgan fingerprint density at radius 1 is 1.35 bits per heavy atom. The molecule has 1 aliphatic rings. The van der Waals surface area contributed by atoms with Crippen molar-refractivity contribution >= 4 is 24.1 Å². The van der Waals surface area contributed by atoms with Crippen molar-refractivity contribution in [2.45, 2.75) is 12.5 Å². The molecule has 1 aromatic carbocycles. The zero-order chi connectivity index (χ0) is 11.4. The number of halogens is 1. The first-order valence-corrected chi connectivity index (χ1v) is 5.58. The van der Waals surface area contributed by atoms with Crippen LogP contribution in [-0.4, -0.2) is 37.1 Å². The van der Waals surface area contributed by atoms with Gasteiger partial charge in [-0.05, 0) is 25.6 Å².